The second-order valence-electron chi connectivity index (χ2n) is 9.08. The molecule has 3 aromatic rings. The molecule has 3 aliphatic carbocycles. The van der Waals surface area contributed by atoms with Crippen molar-refractivity contribution in [3.8, 4) is 0 Å². The van der Waals surface area contributed by atoms with E-state index in [0.29, 0.717) is 27.9 Å². The van der Waals surface area contributed by atoms with E-state index >= 15 is 0 Å². The topological polar surface area (TPSA) is 110 Å². The summed E-state index contributed by atoms with van der Waals surface area (Å²) < 4.78 is 0. The molecule has 0 aromatic heterocycles. The highest BCUT2D eigenvalue weighted by Crippen LogP contribution is 2.69. The Labute approximate surface area is 215 Å². The van der Waals surface area contributed by atoms with Gasteiger partial charge in [-0.1, -0.05) is 48.5 Å². The van der Waals surface area contributed by atoms with E-state index in [4.69, 9.17) is 23.2 Å². The lowest BCUT2D eigenvalue weighted by Crippen LogP contribution is -2.57. The van der Waals surface area contributed by atoms with Crippen LogP contribution in [0.3, 0.4) is 0 Å². The van der Waals surface area contributed by atoms with Crippen LogP contribution in [-0.2, 0) is 24.1 Å². The third kappa shape index (κ3) is 2.79. The van der Waals surface area contributed by atoms with E-state index in [1.165, 1.54) is 24.3 Å². The fourth-order valence-corrected chi connectivity index (χ4v) is 6.99. The van der Waals surface area contributed by atoms with Gasteiger partial charge in [0.05, 0.1) is 16.8 Å². The Morgan fingerprint density at radius 1 is 0.833 bits per heavy atom. The number of carbonyl (C=O) groups is 3. The van der Waals surface area contributed by atoms with Crippen LogP contribution in [0.25, 0.3) is 0 Å². The summed E-state index contributed by atoms with van der Waals surface area (Å²) in [4.78, 5) is 48.8. The van der Waals surface area contributed by atoms with Gasteiger partial charge < -0.3 is 5.32 Å². The van der Waals surface area contributed by atoms with E-state index in [2.05, 4.69) is 5.32 Å². The quantitative estimate of drug-likeness (QED) is 0.240. The predicted octanol–water partition coefficient (Wildman–Crippen LogP) is 4.13. The number of nitro benzene ring substituents is 1. The van der Waals surface area contributed by atoms with Crippen molar-refractivity contribution in [2.45, 2.75) is 9.75 Å². The fraction of sp³-hybridized carbons (Fsp3) is 0.192. The third-order valence-electron chi connectivity index (χ3n) is 7.34. The second kappa shape index (κ2) is 7.62. The minimum atomic E-state index is -1.31. The maximum Gasteiger partial charge on any atom is 0.269 e. The van der Waals surface area contributed by atoms with Crippen LogP contribution in [0.5, 0.6) is 0 Å². The van der Waals surface area contributed by atoms with Crippen molar-refractivity contribution >= 4 is 52.3 Å². The van der Waals surface area contributed by atoms with Crippen LogP contribution in [0.2, 0.25) is 0 Å². The highest BCUT2D eigenvalue weighted by Gasteiger charge is 2.73. The molecular formula is C26H17Cl2N3O5. The van der Waals surface area contributed by atoms with Gasteiger partial charge >= 0.3 is 0 Å². The van der Waals surface area contributed by atoms with Gasteiger partial charge in [-0.25, -0.2) is 0 Å². The number of alkyl halides is 2. The Bertz CT molecular complexity index is 1370. The Morgan fingerprint density at radius 3 is 1.64 bits per heavy atom. The average Bonchev–Trinajstić information content (AvgIpc) is 3.13. The minimum Gasteiger partial charge on any atom is -0.325 e. The molecule has 0 unspecified atom stereocenters. The highest BCUT2D eigenvalue weighted by molar-refractivity contribution is 6.36. The third-order valence-corrected chi connectivity index (χ3v) is 8.62. The number of likely N-dealkylation sites (tertiary alicyclic amines) is 1. The van der Waals surface area contributed by atoms with Crippen molar-refractivity contribution in [3.63, 3.8) is 0 Å². The van der Waals surface area contributed by atoms with Gasteiger partial charge in [-0.05, 0) is 34.4 Å². The normalized spacial score (nSPS) is 27.3. The van der Waals surface area contributed by atoms with Crippen molar-refractivity contribution in [1.82, 2.24) is 4.90 Å². The van der Waals surface area contributed by atoms with Crippen LogP contribution in [0, 0.1) is 22.0 Å². The summed E-state index contributed by atoms with van der Waals surface area (Å²) in [5.74, 6) is -3.72. The van der Waals surface area contributed by atoms with Crippen LogP contribution in [0.15, 0.2) is 72.8 Å². The molecule has 1 N–H and O–H groups in total. The molecule has 0 spiro atoms. The standard InChI is InChI=1S/C26H17Cl2N3O5/c27-25-16-5-1-2-6-17(16)26(28,19-8-4-3-7-18(19)25)22-21(25)23(33)30(24(22)34)13-20(32)29-14-9-11-15(12-10-14)31(35)36/h1-12,21-22H,13H2,(H,29,32)/t21-,22-,25?,26?/m0/s1. The average molecular weight is 522 g/mol. The van der Waals surface area contributed by atoms with Crippen LogP contribution < -0.4 is 5.32 Å². The summed E-state index contributed by atoms with van der Waals surface area (Å²) in [6, 6.07) is 19.8. The predicted molar refractivity (Wildman–Crippen MR) is 132 cm³/mol. The van der Waals surface area contributed by atoms with Gasteiger partial charge in [0.15, 0.2) is 0 Å². The van der Waals surface area contributed by atoms with Crippen molar-refractivity contribution in [3.05, 3.63) is 105 Å². The van der Waals surface area contributed by atoms with Gasteiger partial charge in [0, 0.05) is 17.8 Å². The number of benzene rings is 3. The monoisotopic (exact) mass is 521 g/mol. The Morgan fingerprint density at radius 2 is 1.25 bits per heavy atom. The molecule has 0 radical (unpaired) electrons. The smallest absolute Gasteiger partial charge is 0.269 e. The first kappa shape index (κ1) is 22.7. The lowest BCUT2D eigenvalue weighted by molar-refractivity contribution is -0.384. The Hall–Kier alpha value is -3.75. The van der Waals surface area contributed by atoms with E-state index in [0.717, 1.165) is 4.90 Å². The number of anilines is 1. The summed E-state index contributed by atoms with van der Waals surface area (Å²) in [5, 5.41) is 13.4. The molecule has 1 fully saturated rings. The summed E-state index contributed by atoms with van der Waals surface area (Å²) in [6.45, 7) is -0.533. The minimum absolute atomic E-state index is 0.128. The summed E-state index contributed by atoms with van der Waals surface area (Å²) in [7, 11) is 0. The van der Waals surface area contributed by atoms with Gasteiger partial charge in [0.1, 0.15) is 16.3 Å². The first-order valence-electron chi connectivity index (χ1n) is 11.2. The number of non-ortho nitro benzene ring substituents is 1. The SMILES string of the molecule is O=C(CN1C(=O)[C@@H]2[C@@H](C1=O)C1(Cl)c3ccccc3C2(Cl)c2ccccc21)Nc1ccc([N+](=O)[O-])cc1. The molecule has 1 saturated heterocycles. The second-order valence-corrected chi connectivity index (χ2v) is 10.3. The molecule has 3 amide bonds. The molecule has 180 valence electrons. The molecule has 1 heterocycles. The number of nitro groups is 1. The van der Waals surface area contributed by atoms with E-state index in [-0.39, 0.29) is 5.69 Å². The van der Waals surface area contributed by atoms with Gasteiger partial charge in [0.2, 0.25) is 17.7 Å². The van der Waals surface area contributed by atoms with E-state index < -0.39 is 50.8 Å². The van der Waals surface area contributed by atoms with Gasteiger partial charge in [0.25, 0.3) is 5.69 Å². The number of nitrogens with one attached hydrogen (secondary N) is 1. The zero-order valence-corrected chi connectivity index (χ0v) is 20.0. The van der Waals surface area contributed by atoms with Crippen LogP contribution in [-0.4, -0.2) is 34.1 Å². The molecule has 2 bridgehead atoms. The number of carbonyl (C=O) groups excluding carboxylic acids is 3. The summed E-state index contributed by atoms with van der Waals surface area (Å²) in [5.41, 5.74) is 2.89. The number of rotatable bonds is 4. The zero-order valence-electron chi connectivity index (χ0n) is 18.5. The van der Waals surface area contributed by atoms with Crippen molar-refractivity contribution in [1.29, 1.82) is 0 Å². The van der Waals surface area contributed by atoms with E-state index in [9.17, 15) is 24.5 Å². The molecule has 1 aliphatic heterocycles. The molecule has 10 heteroatoms. The number of halogens is 2. The first-order chi connectivity index (χ1) is 17.2. The van der Waals surface area contributed by atoms with E-state index in [1.807, 2.05) is 48.5 Å². The van der Waals surface area contributed by atoms with Gasteiger partial charge in [-0.3, -0.25) is 29.4 Å². The largest absolute Gasteiger partial charge is 0.325 e. The van der Waals surface area contributed by atoms with Crippen LogP contribution >= 0.6 is 23.2 Å². The number of nitrogens with zero attached hydrogens (tertiary/aromatic N) is 2. The van der Waals surface area contributed by atoms with Crippen LogP contribution in [0.1, 0.15) is 22.3 Å². The first-order valence-corrected chi connectivity index (χ1v) is 11.9. The zero-order chi connectivity index (χ0) is 25.4. The molecule has 0 saturated carbocycles. The van der Waals surface area contributed by atoms with Crippen LogP contribution in [0.4, 0.5) is 11.4 Å². The lowest BCUT2D eigenvalue weighted by Gasteiger charge is -2.54. The number of hydrogen-bond donors (Lipinski definition) is 1. The highest BCUT2D eigenvalue weighted by atomic mass is 35.5. The molecular weight excluding hydrogens is 505 g/mol. The summed E-state index contributed by atoms with van der Waals surface area (Å²) in [6.07, 6.45) is 0. The number of amides is 3. The van der Waals surface area contributed by atoms with Crippen molar-refractivity contribution in [2.75, 3.05) is 11.9 Å². The molecule has 8 nitrogen and oxygen atoms in total. The Balaban J connectivity index is 1.37. The maximum absolute atomic E-state index is 13.7. The number of imide groups is 1. The maximum atomic E-state index is 13.7. The molecule has 3 aromatic carbocycles. The molecule has 2 atom stereocenters. The van der Waals surface area contributed by atoms with E-state index in [1.54, 1.807) is 0 Å². The van der Waals surface area contributed by atoms with Gasteiger partial charge in [-0.15, -0.1) is 23.2 Å². The lowest BCUT2D eigenvalue weighted by atomic mass is 9.54. The van der Waals surface area contributed by atoms with Crippen molar-refractivity contribution < 1.29 is 19.3 Å². The summed E-state index contributed by atoms with van der Waals surface area (Å²) >= 11 is 14.7. The molecule has 7 rings (SSSR count). The molecule has 4 aliphatic rings. The number of hydrogen-bond acceptors (Lipinski definition) is 5. The van der Waals surface area contributed by atoms with Gasteiger partial charge in [-0.2, -0.15) is 0 Å². The Kier molecular flexibility index (Phi) is 4.81. The van der Waals surface area contributed by atoms with Crippen molar-refractivity contribution in [2.24, 2.45) is 11.8 Å². The molecule has 36 heavy (non-hydrogen) atoms. The fourth-order valence-electron chi connectivity index (χ4n) is 5.89.